The molecule has 2 heteroatoms. The lowest BCUT2D eigenvalue weighted by molar-refractivity contribution is 1.20. The smallest absolute Gasteiger partial charge is 0.0905 e. The van der Waals surface area contributed by atoms with E-state index in [4.69, 9.17) is 0 Å². The van der Waals surface area contributed by atoms with Crippen LogP contribution >= 0.6 is 0 Å². The van der Waals surface area contributed by atoms with Crippen LogP contribution in [0.4, 0.5) is 5.69 Å². The van der Waals surface area contributed by atoms with Crippen LogP contribution in [0.3, 0.4) is 0 Å². The maximum absolute atomic E-state index is 4.58. The quantitative estimate of drug-likeness (QED) is 0.548. The monoisotopic (exact) mass is 204 g/mol. The molecule has 0 saturated heterocycles. The maximum Gasteiger partial charge on any atom is 0.0905 e. The Morgan fingerprint density at radius 3 is 3.00 bits per heavy atom. The third-order valence-electron chi connectivity index (χ3n) is 3.06. The Balaban J connectivity index is 2.22. The van der Waals surface area contributed by atoms with Gasteiger partial charge in [-0.25, -0.2) is 4.99 Å². The lowest BCUT2D eigenvalue weighted by Gasteiger charge is -2.01. The molecule has 2 heterocycles. The van der Waals surface area contributed by atoms with E-state index in [0.29, 0.717) is 0 Å². The van der Waals surface area contributed by atoms with Gasteiger partial charge in [0, 0.05) is 16.7 Å². The zero-order valence-electron chi connectivity index (χ0n) is 8.51. The second-order valence-corrected chi connectivity index (χ2v) is 3.97. The fraction of sp³-hybridized carbons (Fsp3) is 0. The number of pyridine rings is 1. The van der Waals surface area contributed by atoms with Crippen molar-refractivity contribution in [2.75, 3.05) is 0 Å². The Kier molecular flexibility index (Phi) is 1.33. The number of hydrogen-bond donors (Lipinski definition) is 0. The zero-order valence-corrected chi connectivity index (χ0v) is 8.51. The predicted octanol–water partition coefficient (Wildman–Crippen LogP) is 1.82. The molecule has 2 nitrogen and oxygen atoms in total. The summed E-state index contributed by atoms with van der Waals surface area (Å²) >= 11 is 0. The number of allylic oxidation sites excluding steroid dienone is 1. The van der Waals surface area contributed by atoms with Gasteiger partial charge in [-0.3, -0.25) is 4.98 Å². The van der Waals surface area contributed by atoms with E-state index in [1.54, 1.807) is 0 Å². The first-order valence-electron chi connectivity index (χ1n) is 5.29. The third kappa shape index (κ3) is 0.865. The Morgan fingerprint density at radius 2 is 2.00 bits per heavy atom. The van der Waals surface area contributed by atoms with Gasteiger partial charge in [-0.2, -0.15) is 0 Å². The van der Waals surface area contributed by atoms with Gasteiger partial charge in [0.25, 0.3) is 0 Å². The minimum absolute atomic E-state index is 0.986. The molecule has 0 fully saturated rings. The first-order chi connectivity index (χ1) is 7.93. The van der Waals surface area contributed by atoms with Gasteiger partial charge >= 0.3 is 0 Å². The number of fused-ring (bicyclic) bond motifs is 5. The lowest BCUT2D eigenvalue weighted by Crippen LogP contribution is -2.17. The van der Waals surface area contributed by atoms with Crippen molar-refractivity contribution in [2.24, 2.45) is 4.99 Å². The van der Waals surface area contributed by atoms with Crippen molar-refractivity contribution in [3.05, 3.63) is 52.8 Å². The van der Waals surface area contributed by atoms with Crippen LogP contribution in [0.2, 0.25) is 0 Å². The molecule has 0 atom stereocenters. The first kappa shape index (κ1) is 7.99. The van der Waals surface area contributed by atoms with Crippen molar-refractivity contribution in [3.63, 3.8) is 0 Å². The summed E-state index contributed by atoms with van der Waals surface area (Å²) in [5.74, 6) is 0. The first-order valence-corrected chi connectivity index (χ1v) is 5.29. The van der Waals surface area contributed by atoms with Crippen molar-refractivity contribution in [3.8, 4) is 11.1 Å². The number of hydrogen-bond acceptors (Lipinski definition) is 2. The van der Waals surface area contributed by atoms with Crippen molar-refractivity contribution in [1.29, 1.82) is 0 Å². The van der Waals surface area contributed by atoms with Gasteiger partial charge < -0.3 is 0 Å². The highest BCUT2D eigenvalue weighted by molar-refractivity contribution is 5.87. The third-order valence-corrected chi connectivity index (χ3v) is 3.06. The van der Waals surface area contributed by atoms with Crippen LogP contribution in [0.15, 0.2) is 41.5 Å². The van der Waals surface area contributed by atoms with Crippen molar-refractivity contribution in [1.82, 2.24) is 4.98 Å². The molecule has 0 radical (unpaired) electrons. The molecule has 74 valence electrons. The SMILES string of the molecule is C1=Cc2c3c(cnc2=C1)=Nc1ccccc1-3. The second kappa shape index (κ2) is 2.67. The van der Waals surface area contributed by atoms with Crippen molar-refractivity contribution >= 4 is 17.8 Å². The Morgan fingerprint density at radius 1 is 1.06 bits per heavy atom. The van der Waals surface area contributed by atoms with E-state index in [1.165, 1.54) is 16.7 Å². The van der Waals surface area contributed by atoms with Crippen LogP contribution in [0.25, 0.3) is 23.3 Å². The standard InChI is InChI=1S/C14H8N2/c1-2-6-12-10(4-1)14-9-5-3-7-11(9)15-8-13(14)16-12/h1-8H. The number of para-hydroxylation sites is 1. The summed E-state index contributed by atoms with van der Waals surface area (Å²) in [4.78, 5) is 8.98. The highest BCUT2D eigenvalue weighted by Gasteiger charge is 2.17. The Hall–Kier alpha value is -2.22. The van der Waals surface area contributed by atoms with Crippen LogP contribution in [0, 0.1) is 0 Å². The molecular weight excluding hydrogens is 196 g/mol. The molecule has 1 aliphatic carbocycles. The van der Waals surface area contributed by atoms with Gasteiger partial charge in [0.1, 0.15) is 0 Å². The van der Waals surface area contributed by atoms with E-state index >= 15 is 0 Å². The summed E-state index contributed by atoms with van der Waals surface area (Å²) in [6.07, 6.45) is 8.05. The molecule has 16 heavy (non-hydrogen) atoms. The van der Waals surface area contributed by atoms with Gasteiger partial charge in [0.05, 0.1) is 22.6 Å². The fourth-order valence-electron chi connectivity index (χ4n) is 2.35. The molecule has 1 aromatic carbocycles. The summed E-state index contributed by atoms with van der Waals surface area (Å²) in [6.45, 7) is 0. The molecule has 0 bridgehead atoms. The summed E-state index contributed by atoms with van der Waals surface area (Å²) in [5.41, 5.74) is 4.70. The van der Waals surface area contributed by atoms with Gasteiger partial charge in [-0.1, -0.05) is 30.4 Å². The van der Waals surface area contributed by atoms with E-state index in [2.05, 4.69) is 28.2 Å². The maximum atomic E-state index is 4.58. The summed E-state index contributed by atoms with van der Waals surface area (Å²) < 4.78 is 0. The molecule has 1 aliphatic heterocycles. The van der Waals surface area contributed by atoms with Gasteiger partial charge in [-0.05, 0) is 12.1 Å². The van der Waals surface area contributed by atoms with E-state index in [1.807, 2.05) is 30.5 Å². The molecule has 2 aliphatic rings. The molecule has 0 unspecified atom stereocenters. The van der Waals surface area contributed by atoms with E-state index in [-0.39, 0.29) is 0 Å². The van der Waals surface area contributed by atoms with Crippen LogP contribution in [0.1, 0.15) is 5.56 Å². The zero-order chi connectivity index (χ0) is 10.5. The Labute approximate surface area is 92.3 Å². The second-order valence-electron chi connectivity index (χ2n) is 3.97. The van der Waals surface area contributed by atoms with Crippen LogP contribution in [-0.2, 0) is 0 Å². The van der Waals surface area contributed by atoms with Crippen LogP contribution < -0.4 is 10.7 Å². The largest absolute Gasteiger partial charge is 0.254 e. The molecule has 0 amide bonds. The molecular formula is C14H8N2. The molecule has 0 saturated carbocycles. The average Bonchev–Trinajstić information content (AvgIpc) is 2.91. The Bertz CT molecular complexity index is 755. The van der Waals surface area contributed by atoms with Gasteiger partial charge in [-0.15, -0.1) is 0 Å². The molecule has 1 aromatic heterocycles. The van der Waals surface area contributed by atoms with Crippen LogP contribution in [0.5, 0.6) is 0 Å². The average molecular weight is 204 g/mol. The highest BCUT2D eigenvalue weighted by atomic mass is 14.8. The molecule has 0 N–H and O–H groups in total. The lowest BCUT2D eigenvalue weighted by atomic mass is 10.0. The molecule has 2 aromatic rings. The van der Waals surface area contributed by atoms with Crippen molar-refractivity contribution in [2.45, 2.75) is 0 Å². The normalized spacial score (nSPS) is 13.8. The van der Waals surface area contributed by atoms with Crippen LogP contribution in [-0.4, -0.2) is 4.98 Å². The fourth-order valence-corrected chi connectivity index (χ4v) is 2.35. The topological polar surface area (TPSA) is 25.2 Å². The molecule has 4 rings (SSSR count). The molecule has 0 spiro atoms. The predicted molar refractivity (Wildman–Crippen MR) is 63.6 cm³/mol. The van der Waals surface area contributed by atoms with E-state index in [9.17, 15) is 0 Å². The summed E-state index contributed by atoms with van der Waals surface area (Å²) in [7, 11) is 0. The number of aromatic nitrogens is 1. The van der Waals surface area contributed by atoms with Crippen molar-refractivity contribution < 1.29 is 0 Å². The van der Waals surface area contributed by atoms with Gasteiger partial charge in [0.15, 0.2) is 0 Å². The number of nitrogens with zero attached hydrogens (tertiary/aromatic N) is 2. The van der Waals surface area contributed by atoms with Gasteiger partial charge in [0.2, 0.25) is 0 Å². The number of rotatable bonds is 0. The summed E-state index contributed by atoms with van der Waals surface area (Å²) in [5, 5.41) is 2.03. The summed E-state index contributed by atoms with van der Waals surface area (Å²) in [6, 6.07) is 8.24. The van der Waals surface area contributed by atoms with E-state index < -0.39 is 0 Å². The van der Waals surface area contributed by atoms with E-state index in [0.717, 1.165) is 16.4 Å². The highest BCUT2D eigenvalue weighted by Crippen LogP contribution is 2.33. The minimum Gasteiger partial charge on any atom is -0.254 e. The minimum atomic E-state index is 0.986. The number of benzene rings is 1.